The van der Waals surface area contributed by atoms with E-state index >= 15 is 0 Å². The van der Waals surface area contributed by atoms with Crippen molar-refractivity contribution in [2.24, 2.45) is 0 Å². The number of carboxylic acids is 1. The third kappa shape index (κ3) is 3.19. The Labute approximate surface area is 86.5 Å². The maximum Gasteiger partial charge on any atom is 0.336 e. The van der Waals surface area contributed by atoms with Crippen LogP contribution in [0.15, 0.2) is 59.6 Å². The van der Waals surface area contributed by atoms with Crippen LogP contribution in [0.25, 0.3) is 0 Å². The number of aliphatic hydroxyl groups excluding tert-OH is 1. The van der Waals surface area contributed by atoms with Crippen molar-refractivity contribution in [2.45, 2.75) is 0 Å². The average molecular weight is 206 g/mol. The SMILES string of the molecule is O=C(O)C(C=CC=C(O)O)=C1C=CC=C1. The fourth-order valence-electron chi connectivity index (χ4n) is 1.07. The molecule has 0 saturated carbocycles. The lowest BCUT2D eigenvalue weighted by Gasteiger charge is -1.96. The van der Waals surface area contributed by atoms with Crippen LogP contribution in [0.1, 0.15) is 0 Å². The van der Waals surface area contributed by atoms with Crippen molar-refractivity contribution in [1.29, 1.82) is 0 Å². The highest BCUT2D eigenvalue weighted by Gasteiger charge is 2.08. The Balaban J connectivity index is 2.96. The first-order chi connectivity index (χ1) is 7.11. The highest BCUT2D eigenvalue weighted by atomic mass is 16.5. The van der Waals surface area contributed by atoms with Gasteiger partial charge in [0.25, 0.3) is 5.95 Å². The number of carboxylic acid groups (broad SMARTS) is 1. The molecule has 0 aromatic carbocycles. The van der Waals surface area contributed by atoms with Crippen molar-refractivity contribution >= 4 is 5.97 Å². The molecule has 0 fully saturated rings. The third-order valence-electron chi connectivity index (χ3n) is 1.71. The van der Waals surface area contributed by atoms with Gasteiger partial charge in [0.2, 0.25) is 0 Å². The molecule has 0 aromatic heterocycles. The Morgan fingerprint density at radius 3 is 2.20 bits per heavy atom. The van der Waals surface area contributed by atoms with E-state index < -0.39 is 11.9 Å². The molecule has 1 aliphatic carbocycles. The number of hydrogen-bond donors (Lipinski definition) is 3. The van der Waals surface area contributed by atoms with Crippen molar-refractivity contribution in [2.75, 3.05) is 0 Å². The molecule has 1 aliphatic rings. The second-order valence-corrected chi connectivity index (χ2v) is 2.78. The molecule has 1 rings (SSSR count). The fraction of sp³-hybridized carbons (Fsp3) is 0. The molecule has 0 bridgehead atoms. The quantitative estimate of drug-likeness (QED) is 0.375. The van der Waals surface area contributed by atoms with Crippen molar-refractivity contribution in [3.05, 3.63) is 59.6 Å². The summed E-state index contributed by atoms with van der Waals surface area (Å²) in [6, 6.07) is 0. The Kier molecular flexibility index (Phi) is 3.51. The summed E-state index contributed by atoms with van der Waals surface area (Å²) in [5.41, 5.74) is 0.669. The van der Waals surface area contributed by atoms with E-state index in [0.717, 1.165) is 6.08 Å². The molecule has 15 heavy (non-hydrogen) atoms. The number of hydrogen-bond acceptors (Lipinski definition) is 3. The largest absolute Gasteiger partial charge is 0.481 e. The van der Waals surface area contributed by atoms with Crippen molar-refractivity contribution in [1.82, 2.24) is 0 Å². The van der Waals surface area contributed by atoms with Crippen LogP contribution in [0.3, 0.4) is 0 Å². The van der Waals surface area contributed by atoms with Crippen LogP contribution in [-0.4, -0.2) is 21.3 Å². The van der Waals surface area contributed by atoms with Gasteiger partial charge in [-0.3, -0.25) is 0 Å². The number of carbonyl (C=O) groups is 1. The Bertz CT molecular complexity index is 390. The lowest BCUT2D eigenvalue weighted by atomic mass is 10.1. The van der Waals surface area contributed by atoms with Gasteiger partial charge in [-0.25, -0.2) is 4.79 Å². The molecule has 0 radical (unpaired) electrons. The topological polar surface area (TPSA) is 77.8 Å². The highest BCUT2D eigenvalue weighted by Crippen LogP contribution is 2.14. The summed E-state index contributed by atoms with van der Waals surface area (Å²) in [5.74, 6) is -1.93. The Morgan fingerprint density at radius 2 is 1.73 bits per heavy atom. The first-order valence-corrected chi connectivity index (χ1v) is 4.20. The van der Waals surface area contributed by atoms with E-state index in [-0.39, 0.29) is 5.57 Å². The minimum atomic E-state index is -1.07. The van der Waals surface area contributed by atoms with Crippen LogP contribution >= 0.6 is 0 Å². The Hall–Kier alpha value is -2.23. The maximum atomic E-state index is 10.8. The summed E-state index contributed by atoms with van der Waals surface area (Å²) in [6.45, 7) is 0. The molecule has 0 saturated heterocycles. The van der Waals surface area contributed by atoms with Crippen LogP contribution in [0, 0.1) is 0 Å². The summed E-state index contributed by atoms with van der Waals surface area (Å²) >= 11 is 0. The normalized spacial score (nSPS) is 13.5. The summed E-state index contributed by atoms with van der Waals surface area (Å²) in [5, 5.41) is 25.8. The molecule has 0 amide bonds. The number of allylic oxidation sites excluding steroid dienone is 7. The van der Waals surface area contributed by atoms with Gasteiger partial charge in [0, 0.05) is 6.08 Å². The predicted octanol–water partition coefficient (Wildman–Crippen LogP) is 2.01. The molecular weight excluding hydrogens is 196 g/mol. The van der Waals surface area contributed by atoms with E-state index in [1.165, 1.54) is 12.2 Å². The second-order valence-electron chi connectivity index (χ2n) is 2.78. The van der Waals surface area contributed by atoms with Crippen molar-refractivity contribution < 1.29 is 20.1 Å². The molecule has 0 spiro atoms. The van der Waals surface area contributed by atoms with Crippen LogP contribution in [0.2, 0.25) is 0 Å². The third-order valence-corrected chi connectivity index (χ3v) is 1.71. The van der Waals surface area contributed by atoms with E-state index in [4.69, 9.17) is 15.3 Å². The lowest BCUT2D eigenvalue weighted by Crippen LogP contribution is -1.99. The second kappa shape index (κ2) is 4.85. The van der Waals surface area contributed by atoms with Crippen molar-refractivity contribution in [3.8, 4) is 0 Å². The van der Waals surface area contributed by atoms with Crippen LogP contribution < -0.4 is 0 Å². The maximum absolute atomic E-state index is 10.8. The van der Waals surface area contributed by atoms with Crippen LogP contribution in [0.5, 0.6) is 0 Å². The zero-order valence-electron chi connectivity index (χ0n) is 7.79. The molecule has 0 atom stereocenters. The molecule has 0 aliphatic heterocycles. The van der Waals surface area contributed by atoms with Gasteiger partial charge in [0.1, 0.15) is 0 Å². The first kappa shape index (κ1) is 10.8. The van der Waals surface area contributed by atoms with Gasteiger partial charge in [-0.05, 0) is 11.6 Å². The zero-order chi connectivity index (χ0) is 11.3. The monoisotopic (exact) mass is 206 g/mol. The van der Waals surface area contributed by atoms with Gasteiger partial charge < -0.3 is 15.3 Å². The van der Waals surface area contributed by atoms with Crippen LogP contribution in [-0.2, 0) is 4.79 Å². The molecule has 78 valence electrons. The molecular formula is C11H10O4. The van der Waals surface area contributed by atoms with Gasteiger partial charge in [-0.15, -0.1) is 0 Å². The van der Waals surface area contributed by atoms with Gasteiger partial charge in [-0.2, -0.15) is 0 Å². The summed E-state index contributed by atoms with van der Waals surface area (Å²) in [6.07, 6.45) is 10.3. The lowest BCUT2D eigenvalue weighted by molar-refractivity contribution is -0.132. The molecule has 4 heteroatoms. The number of rotatable bonds is 3. The van der Waals surface area contributed by atoms with Gasteiger partial charge in [0.05, 0.1) is 5.57 Å². The molecule has 3 N–H and O–H groups in total. The Morgan fingerprint density at radius 1 is 1.13 bits per heavy atom. The van der Waals surface area contributed by atoms with E-state index in [1.54, 1.807) is 24.3 Å². The highest BCUT2D eigenvalue weighted by molar-refractivity contribution is 5.92. The summed E-state index contributed by atoms with van der Waals surface area (Å²) < 4.78 is 0. The molecule has 0 aromatic rings. The molecule has 0 heterocycles. The van der Waals surface area contributed by atoms with E-state index in [9.17, 15) is 4.79 Å². The van der Waals surface area contributed by atoms with Gasteiger partial charge in [0.15, 0.2) is 0 Å². The molecule has 4 nitrogen and oxygen atoms in total. The predicted molar refractivity (Wildman–Crippen MR) is 55.4 cm³/mol. The fourth-order valence-corrected chi connectivity index (χ4v) is 1.07. The summed E-state index contributed by atoms with van der Waals surface area (Å²) in [4.78, 5) is 10.8. The van der Waals surface area contributed by atoms with Gasteiger partial charge in [-0.1, -0.05) is 30.4 Å². The zero-order valence-corrected chi connectivity index (χ0v) is 7.79. The number of aliphatic carboxylic acids is 1. The number of aliphatic hydroxyl groups is 2. The van der Waals surface area contributed by atoms with Crippen molar-refractivity contribution in [3.63, 3.8) is 0 Å². The summed E-state index contributed by atoms with van der Waals surface area (Å²) in [7, 11) is 0. The minimum Gasteiger partial charge on any atom is -0.481 e. The smallest absolute Gasteiger partial charge is 0.336 e. The standard InChI is InChI=1S/C11H10O4/c12-10(13)7-3-6-9(11(14)15)8-4-1-2-5-8/h1-7,12-13H,(H,14,15). The van der Waals surface area contributed by atoms with Crippen LogP contribution in [0.4, 0.5) is 0 Å². The molecule has 0 unspecified atom stereocenters. The first-order valence-electron chi connectivity index (χ1n) is 4.20. The van der Waals surface area contributed by atoms with E-state index in [0.29, 0.717) is 5.57 Å². The van der Waals surface area contributed by atoms with E-state index in [2.05, 4.69) is 0 Å². The van der Waals surface area contributed by atoms with E-state index in [1.807, 2.05) is 0 Å². The average Bonchev–Trinajstić information content (AvgIpc) is 2.63. The van der Waals surface area contributed by atoms with Gasteiger partial charge >= 0.3 is 5.97 Å². The minimum absolute atomic E-state index is 0.0949.